The fourth-order valence-electron chi connectivity index (χ4n) is 2.12. The van der Waals surface area contributed by atoms with Gasteiger partial charge in [0.2, 0.25) is 0 Å². The van der Waals surface area contributed by atoms with E-state index in [1.165, 1.54) is 18.2 Å². The maximum absolute atomic E-state index is 12.2. The van der Waals surface area contributed by atoms with Crippen LogP contribution >= 0.6 is 0 Å². The molecule has 0 amide bonds. The van der Waals surface area contributed by atoms with Gasteiger partial charge in [-0.3, -0.25) is 0 Å². The number of benzene rings is 2. The number of hydrogen-bond acceptors (Lipinski definition) is 2. The molecule has 116 valence electrons. The topological polar surface area (TPSA) is 29.5 Å². The van der Waals surface area contributed by atoms with Crippen LogP contribution in [0.4, 0.5) is 13.2 Å². The third-order valence-electron chi connectivity index (χ3n) is 3.32. The second-order valence-corrected chi connectivity index (χ2v) is 4.91. The summed E-state index contributed by atoms with van der Waals surface area (Å²) in [6.07, 6.45) is -3.40. The first kappa shape index (κ1) is 16.1. The monoisotopic (exact) mass is 308 g/mol. The third kappa shape index (κ3) is 3.49. The molecule has 2 nitrogen and oxygen atoms in total. The highest BCUT2D eigenvalue weighted by molar-refractivity contribution is 5.43. The summed E-state index contributed by atoms with van der Waals surface area (Å²) in [7, 11) is 0. The van der Waals surface area contributed by atoms with Crippen LogP contribution in [-0.2, 0) is 5.60 Å². The van der Waals surface area contributed by atoms with Gasteiger partial charge < -0.3 is 9.84 Å². The van der Waals surface area contributed by atoms with Gasteiger partial charge in [-0.05, 0) is 30.2 Å². The molecule has 0 saturated carbocycles. The van der Waals surface area contributed by atoms with Crippen molar-refractivity contribution in [3.8, 4) is 5.75 Å². The summed E-state index contributed by atoms with van der Waals surface area (Å²) in [4.78, 5) is 0. The molecule has 0 saturated heterocycles. The van der Waals surface area contributed by atoms with E-state index < -0.39 is 12.0 Å². The molecule has 0 spiro atoms. The molecular formula is C17H15F3O2. The van der Waals surface area contributed by atoms with Gasteiger partial charge in [0.15, 0.2) is 0 Å². The van der Waals surface area contributed by atoms with Crippen molar-refractivity contribution >= 4 is 0 Å². The molecule has 0 aliphatic rings. The fraction of sp³-hybridized carbons (Fsp3) is 0.176. The van der Waals surface area contributed by atoms with Crippen LogP contribution in [0.2, 0.25) is 0 Å². The Morgan fingerprint density at radius 2 is 1.41 bits per heavy atom. The van der Waals surface area contributed by atoms with Crippen LogP contribution in [0.1, 0.15) is 16.7 Å². The third-order valence-corrected chi connectivity index (χ3v) is 3.32. The lowest BCUT2D eigenvalue weighted by atomic mass is 9.86. The van der Waals surface area contributed by atoms with Gasteiger partial charge in [-0.15, -0.1) is 13.2 Å². The lowest BCUT2D eigenvalue weighted by molar-refractivity contribution is -0.274. The molecule has 0 aliphatic heterocycles. The van der Waals surface area contributed by atoms with E-state index in [1.807, 2.05) is 19.1 Å². The van der Waals surface area contributed by atoms with Crippen molar-refractivity contribution in [3.05, 3.63) is 77.9 Å². The summed E-state index contributed by atoms with van der Waals surface area (Å²) in [6, 6.07) is 12.2. The van der Waals surface area contributed by atoms with Crippen molar-refractivity contribution in [1.29, 1.82) is 0 Å². The van der Waals surface area contributed by atoms with E-state index in [9.17, 15) is 18.3 Å². The number of alkyl halides is 3. The Morgan fingerprint density at radius 1 is 0.955 bits per heavy atom. The van der Waals surface area contributed by atoms with Crippen molar-refractivity contribution in [2.75, 3.05) is 0 Å². The normalized spacial score (nSPS) is 14.2. The summed E-state index contributed by atoms with van der Waals surface area (Å²) >= 11 is 0. The van der Waals surface area contributed by atoms with Gasteiger partial charge in [-0.25, -0.2) is 0 Å². The maximum Gasteiger partial charge on any atom is 0.573 e. The van der Waals surface area contributed by atoms with Crippen LogP contribution in [0, 0.1) is 6.92 Å². The van der Waals surface area contributed by atoms with Crippen LogP contribution in [0.5, 0.6) is 5.75 Å². The number of halogens is 3. The summed E-state index contributed by atoms with van der Waals surface area (Å²) in [5.74, 6) is -0.341. The second kappa shape index (κ2) is 5.85. The first-order valence-electron chi connectivity index (χ1n) is 6.54. The first-order chi connectivity index (χ1) is 10.2. The van der Waals surface area contributed by atoms with Gasteiger partial charge in [0, 0.05) is 0 Å². The molecule has 0 radical (unpaired) electrons. The van der Waals surface area contributed by atoms with E-state index in [4.69, 9.17) is 0 Å². The minimum absolute atomic E-state index is 0.341. The molecule has 2 aromatic carbocycles. The van der Waals surface area contributed by atoms with Crippen molar-refractivity contribution in [2.24, 2.45) is 0 Å². The van der Waals surface area contributed by atoms with Crippen LogP contribution < -0.4 is 4.74 Å². The molecule has 1 unspecified atom stereocenters. The zero-order valence-corrected chi connectivity index (χ0v) is 11.9. The molecular weight excluding hydrogens is 293 g/mol. The Balaban J connectivity index is 2.35. The summed E-state index contributed by atoms with van der Waals surface area (Å²) < 4.78 is 40.3. The van der Waals surface area contributed by atoms with E-state index in [-0.39, 0.29) is 5.75 Å². The summed E-state index contributed by atoms with van der Waals surface area (Å²) in [6.45, 7) is 5.55. The van der Waals surface area contributed by atoms with Crippen molar-refractivity contribution in [3.63, 3.8) is 0 Å². The van der Waals surface area contributed by atoms with Crippen molar-refractivity contribution < 1.29 is 23.0 Å². The smallest absolute Gasteiger partial charge is 0.406 e. The fourth-order valence-corrected chi connectivity index (χ4v) is 2.12. The molecule has 0 fully saturated rings. The largest absolute Gasteiger partial charge is 0.573 e. The van der Waals surface area contributed by atoms with Gasteiger partial charge in [0.25, 0.3) is 0 Å². The number of aliphatic hydroxyl groups is 1. The predicted octanol–water partition coefficient (Wildman–Crippen LogP) is 4.32. The molecule has 0 bridgehead atoms. The predicted molar refractivity (Wildman–Crippen MR) is 77.5 cm³/mol. The van der Waals surface area contributed by atoms with E-state index >= 15 is 0 Å². The maximum atomic E-state index is 12.2. The van der Waals surface area contributed by atoms with Crippen LogP contribution in [0.25, 0.3) is 0 Å². The summed E-state index contributed by atoms with van der Waals surface area (Å²) in [5.41, 5.74) is 0.535. The van der Waals surface area contributed by atoms with E-state index in [0.29, 0.717) is 11.1 Å². The number of aryl methyl sites for hydroxylation is 1. The van der Waals surface area contributed by atoms with Crippen LogP contribution in [0.15, 0.2) is 61.2 Å². The zero-order valence-electron chi connectivity index (χ0n) is 11.9. The number of ether oxygens (including phenoxy) is 1. The van der Waals surface area contributed by atoms with Crippen LogP contribution in [-0.4, -0.2) is 11.5 Å². The van der Waals surface area contributed by atoms with Crippen LogP contribution in [0.3, 0.4) is 0 Å². The standard InChI is InChI=1S/C17H15F3O2/c1-3-16(21,13-6-4-12(2)5-7-13)14-8-10-15(11-9-14)22-17(18,19)20/h3-11,21H,1H2,2H3. The SMILES string of the molecule is C=CC(O)(c1ccc(C)cc1)c1ccc(OC(F)(F)F)cc1. The van der Waals surface area contributed by atoms with E-state index in [0.717, 1.165) is 17.7 Å². The minimum Gasteiger partial charge on any atom is -0.406 e. The van der Waals surface area contributed by atoms with E-state index in [2.05, 4.69) is 11.3 Å². The highest BCUT2D eigenvalue weighted by Gasteiger charge is 2.32. The van der Waals surface area contributed by atoms with Crippen molar-refractivity contribution in [1.82, 2.24) is 0 Å². The molecule has 0 heterocycles. The average molecular weight is 308 g/mol. The second-order valence-electron chi connectivity index (χ2n) is 4.91. The van der Waals surface area contributed by atoms with Crippen molar-refractivity contribution in [2.45, 2.75) is 18.9 Å². The molecule has 2 rings (SSSR count). The highest BCUT2D eigenvalue weighted by Crippen LogP contribution is 2.33. The molecule has 0 aromatic heterocycles. The quantitative estimate of drug-likeness (QED) is 0.853. The molecule has 2 aromatic rings. The Morgan fingerprint density at radius 3 is 1.82 bits per heavy atom. The molecule has 0 aliphatic carbocycles. The number of rotatable bonds is 4. The van der Waals surface area contributed by atoms with Gasteiger partial charge in [0.05, 0.1) is 0 Å². The van der Waals surface area contributed by atoms with Gasteiger partial charge in [-0.2, -0.15) is 0 Å². The average Bonchev–Trinajstić information content (AvgIpc) is 2.46. The highest BCUT2D eigenvalue weighted by atomic mass is 19.4. The molecule has 1 atom stereocenters. The Bertz CT molecular complexity index is 645. The Kier molecular flexibility index (Phi) is 4.28. The molecule has 5 heteroatoms. The van der Waals surface area contributed by atoms with E-state index in [1.54, 1.807) is 12.1 Å². The Hall–Kier alpha value is -2.27. The lowest BCUT2D eigenvalue weighted by Crippen LogP contribution is -2.24. The van der Waals surface area contributed by atoms with Gasteiger partial charge >= 0.3 is 6.36 Å². The lowest BCUT2D eigenvalue weighted by Gasteiger charge is -2.26. The first-order valence-corrected chi connectivity index (χ1v) is 6.54. The molecule has 1 N–H and O–H groups in total. The minimum atomic E-state index is -4.74. The van der Waals surface area contributed by atoms with Gasteiger partial charge in [-0.1, -0.05) is 54.6 Å². The van der Waals surface area contributed by atoms with Gasteiger partial charge in [0.1, 0.15) is 11.4 Å². The molecule has 22 heavy (non-hydrogen) atoms. The Labute approximate surface area is 126 Å². The zero-order chi connectivity index (χ0) is 16.4. The number of hydrogen-bond donors (Lipinski definition) is 1. The summed E-state index contributed by atoms with van der Waals surface area (Å²) in [5, 5.41) is 10.8.